The molecule has 110 valence electrons. The van der Waals surface area contributed by atoms with Gasteiger partial charge in [0.25, 0.3) is 0 Å². The minimum atomic E-state index is 0.139. The molecule has 1 aromatic rings. The summed E-state index contributed by atoms with van der Waals surface area (Å²) in [6.45, 7) is 2.79. The summed E-state index contributed by atoms with van der Waals surface area (Å²) in [5.41, 5.74) is 0. The first-order chi connectivity index (χ1) is 9.83. The molecule has 1 aliphatic rings. The fraction of sp³-hybridized carbons (Fsp3) is 0.533. The number of hydrogen-bond donors (Lipinski definition) is 2. The van der Waals surface area contributed by atoms with Gasteiger partial charge in [-0.3, -0.25) is 4.99 Å². The zero-order valence-electron chi connectivity index (χ0n) is 12.0. The van der Waals surface area contributed by atoms with Crippen LogP contribution in [-0.2, 0) is 0 Å². The second-order valence-electron chi connectivity index (χ2n) is 4.92. The summed E-state index contributed by atoms with van der Waals surface area (Å²) in [4.78, 5) is 7.90. The molecule has 0 bridgehead atoms. The molecule has 4 nitrogen and oxygen atoms in total. The highest BCUT2D eigenvalue weighted by Crippen LogP contribution is 2.25. The van der Waals surface area contributed by atoms with E-state index in [1.807, 2.05) is 11.8 Å². The predicted molar refractivity (Wildman–Crippen MR) is 85.3 cm³/mol. The van der Waals surface area contributed by atoms with E-state index in [-0.39, 0.29) is 6.61 Å². The molecule has 20 heavy (non-hydrogen) atoms. The number of nitrogens with one attached hydrogen (secondary N) is 1. The van der Waals surface area contributed by atoms with E-state index in [0.717, 1.165) is 24.8 Å². The van der Waals surface area contributed by atoms with E-state index in [1.165, 1.54) is 11.3 Å². The number of aliphatic hydroxyl groups is 1. The molecule has 0 spiro atoms. The van der Waals surface area contributed by atoms with Gasteiger partial charge in [0, 0.05) is 37.3 Å². The van der Waals surface area contributed by atoms with Gasteiger partial charge in [0.1, 0.15) is 0 Å². The van der Waals surface area contributed by atoms with Crippen LogP contribution in [0.1, 0.15) is 6.42 Å². The zero-order valence-corrected chi connectivity index (χ0v) is 12.8. The second-order valence-corrected chi connectivity index (χ2v) is 6.02. The number of hydrogen-bond acceptors (Lipinski definition) is 3. The summed E-state index contributed by atoms with van der Waals surface area (Å²) in [6, 6.07) is 10.6. The Balaban J connectivity index is 1.77. The fourth-order valence-electron chi connectivity index (χ4n) is 2.39. The third-order valence-corrected chi connectivity index (χ3v) is 4.66. The average Bonchev–Trinajstić information content (AvgIpc) is 2.96. The molecule has 0 amide bonds. The van der Waals surface area contributed by atoms with E-state index < -0.39 is 0 Å². The molecule has 2 rings (SSSR count). The number of nitrogens with zero attached hydrogens (tertiary/aromatic N) is 2. The minimum Gasteiger partial charge on any atom is -0.395 e. The van der Waals surface area contributed by atoms with Crippen molar-refractivity contribution in [2.75, 3.05) is 39.0 Å². The first-order valence-electron chi connectivity index (χ1n) is 7.07. The quantitative estimate of drug-likeness (QED) is 0.492. The van der Waals surface area contributed by atoms with Gasteiger partial charge < -0.3 is 15.3 Å². The van der Waals surface area contributed by atoms with E-state index in [1.54, 1.807) is 7.05 Å². The normalized spacial score (nSPS) is 19.4. The van der Waals surface area contributed by atoms with E-state index in [0.29, 0.717) is 12.5 Å². The highest BCUT2D eigenvalue weighted by molar-refractivity contribution is 7.99. The number of thioether (sulfide) groups is 1. The summed E-state index contributed by atoms with van der Waals surface area (Å²) in [6.07, 6.45) is 1.21. The van der Waals surface area contributed by atoms with E-state index in [9.17, 15) is 0 Å². The van der Waals surface area contributed by atoms with Crippen molar-refractivity contribution in [3.63, 3.8) is 0 Å². The molecule has 1 saturated heterocycles. The van der Waals surface area contributed by atoms with Crippen molar-refractivity contribution in [2.24, 2.45) is 10.9 Å². The van der Waals surface area contributed by atoms with Crippen LogP contribution in [0.5, 0.6) is 0 Å². The van der Waals surface area contributed by atoms with E-state index in [4.69, 9.17) is 5.11 Å². The van der Waals surface area contributed by atoms with Gasteiger partial charge in [0.2, 0.25) is 0 Å². The van der Waals surface area contributed by atoms with E-state index >= 15 is 0 Å². The topological polar surface area (TPSA) is 47.9 Å². The van der Waals surface area contributed by atoms with Gasteiger partial charge in [-0.1, -0.05) is 18.2 Å². The number of aliphatic hydroxyl groups excluding tert-OH is 1. The Morgan fingerprint density at radius 1 is 1.45 bits per heavy atom. The van der Waals surface area contributed by atoms with Crippen molar-refractivity contribution in [3.05, 3.63) is 30.3 Å². The van der Waals surface area contributed by atoms with Crippen molar-refractivity contribution in [1.29, 1.82) is 0 Å². The van der Waals surface area contributed by atoms with Gasteiger partial charge in [-0.25, -0.2) is 0 Å². The largest absolute Gasteiger partial charge is 0.395 e. The van der Waals surface area contributed by atoms with Crippen LogP contribution in [0.4, 0.5) is 0 Å². The fourth-order valence-corrected chi connectivity index (χ4v) is 3.44. The third-order valence-electron chi connectivity index (χ3n) is 3.42. The summed E-state index contributed by atoms with van der Waals surface area (Å²) >= 11 is 1.93. The van der Waals surface area contributed by atoms with Crippen molar-refractivity contribution in [2.45, 2.75) is 11.3 Å². The molecule has 0 aliphatic carbocycles. The zero-order chi connectivity index (χ0) is 14.2. The second kappa shape index (κ2) is 8.17. The lowest BCUT2D eigenvalue weighted by molar-refractivity contribution is 0.297. The number of rotatable bonds is 5. The maximum Gasteiger partial charge on any atom is 0.193 e. The molecular weight excluding hydrogens is 270 g/mol. The van der Waals surface area contributed by atoms with Crippen LogP contribution < -0.4 is 5.32 Å². The van der Waals surface area contributed by atoms with Crippen LogP contribution in [0, 0.1) is 5.92 Å². The van der Waals surface area contributed by atoms with Gasteiger partial charge in [-0.2, -0.15) is 0 Å². The standard InChI is InChI=1S/C15H23N3OS/c1-16-15(17-8-10-19)18-9-7-13(11-18)12-20-14-5-3-2-4-6-14/h2-6,13,19H,7-12H2,1H3,(H,16,17). The number of benzene rings is 1. The van der Waals surface area contributed by atoms with Crippen molar-refractivity contribution >= 4 is 17.7 Å². The SMILES string of the molecule is CN=C(NCCO)N1CCC(CSc2ccccc2)C1. The molecule has 2 N–H and O–H groups in total. The Labute approximate surface area is 125 Å². The Morgan fingerprint density at radius 3 is 2.95 bits per heavy atom. The molecular formula is C15H23N3OS. The van der Waals surface area contributed by atoms with Crippen LogP contribution in [0.25, 0.3) is 0 Å². The summed E-state index contributed by atoms with van der Waals surface area (Å²) < 4.78 is 0. The van der Waals surface area contributed by atoms with Crippen molar-refractivity contribution in [3.8, 4) is 0 Å². The van der Waals surface area contributed by atoms with Crippen LogP contribution in [-0.4, -0.2) is 55.0 Å². The van der Waals surface area contributed by atoms with Gasteiger partial charge in [0.05, 0.1) is 6.61 Å². The third kappa shape index (κ3) is 4.42. The minimum absolute atomic E-state index is 0.139. The lowest BCUT2D eigenvalue weighted by atomic mass is 10.2. The molecule has 1 aromatic carbocycles. The first-order valence-corrected chi connectivity index (χ1v) is 8.06. The number of guanidine groups is 1. The van der Waals surface area contributed by atoms with Gasteiger partial charge in [0.15, 0.2) is 5.96 Å². The molecule has 1 atom stereocenters. The van der Waals surface area contributed by atoms with Crippen LogP contribution in [0.3, 0.4) is 0 Å². The molecule has 1 heterocycles. The molecule has 1 fully saturated rings. The van der Waals surface area contributed by atoms with E-state index in [2.05, 4.69) is 45.5 Å². The molecule has 0 aromatic heterocycles. The van der Waals surface area contributed by atoms with Gasteiger partial charge >= 0.3 is 0 Å². The van der Waals surface area contributed by atoms with Crippen molar-refractivity contribution in [1.82, 2.24) is 10.2 Å². The average molecular weight is 293 g/mol. The molecule has 0 saturated carbocycles. The Kier molecular flexibility index (Phi) is 6.21. The smallest absolute Gasteiger partial charge is 0.193 e. The maximum absolute atomic E-state index is 8.88. The van der Waals surface area contributed by atoms with Crippen LogP contribution >= 0.6 is 11.8 Å². The predicted octanol–water partition coefficient (Wildman–Crippen LogP) is 1.67. The number of aliphatic imine (C=N–C) groups is 1. The molecule has 1 unspecified atom stereocenters. The molecule has 0 radical (unpaired) electrons. The summed E-state index contributed by atoms with van der Waals surface area (Å²) in [5.74, 6) is 2.76. The Morgan fingerprint density at radius 2 is 2.25 bits per heavy atom. The first kappa shape index (κ1) is 15.2. The lowest BCUT2D eigenvalue weighted by Crippen LogP contribution is -2.41. The highest BCUT2D eigenvalue weighted by Gasteiger charge is 2.24. The van der Waals surface area contributed by atoms with Gasteiger partial charge in [-0.05, 0) is 24.5 Å². The van der Waals surface area contributed by atoms with Crippen LogP contribution in [0.15, 0.2) is 40.2 Å². The summed E-state index contributed by atoms with van der Waals surface area (Å²) in [7, 11) is 1.80. The molecule has 5 heteroatoms. The van der Waals surface area contributed by atoms with Gasteiger partial charge in [-0.15, -0.1) is 11.8 Å². The monoisotopic (exact) mass is 293 g/mol. The van der Waals surface area contributed by atoms with Crippen LogP contribution in [0.2, 0.25) is 0 Å². The Hall–Kier alpha value is -1.20. The highest BCUT2D eigenvalue weighted by atomic mass is 32.2. The summed E-state index contributed by atoms with van der Waals surface area (Å²) in [5, 5.41) is 12.1. The maximum atomic E-state index is 8.88. The lowest BCUT2D eigenvalue weighted by Gasteiger charge is -2.21. The Bertz CT molecular complexity index is 424. The van der Waals surface area contributed by atoms with Crippen molar-refractivity contribution < 1.29 is 5.11 Å². The number of likely N-dealkylation sites (tertiary alicyclic amines) is 1. The molecule has 1 aliphatic heterocycles.